The van der Waals surface area contributed by atoms with Gasteiger partial charge >= 0.3 is 12.2 Å². The number of carbonyl (C=O) groups is 3. The molecule has 0 heterocycles. The molecule has 0 aliphatic heterocycles. The Kier molecular flexibility index (Phi) is 5.72. The van der Waals surface area contributed by atoms with Gasteiger partial charge in [0, 0.05) is 11.3 Å². The van der Waals surface area contributed by atoms with Gasteiger partial charge in [-0.15, -0.1) is 0 Å². The molecule has 0 saturated heterocycles. The molecule has 1 aromatic rings. The van der Waals surface area contributed by atoms with Crippen molar-refractivity contribution in [1.82, 2.24) is 10.6 Å². The fourth-order valence-corrected chi connectivity index (χ4v) is 1.33. The minimum Gasteiger partial charge on any atom is -0.376 e. The van der Waals surface area contributed by atoms with Crippen LogP contribution in [0.2, 0.25) is 0 Å². The average Bonchev–Trinajstić information content (AvgIpc) is 2.42. The lowest BCUT2D eigenvalue weighted by Gasteiger charge is -2.10. The number of anilines is 1. The quantitative estimate of drug-likeness (QED) is 0.636. The van der Waals surface area contributed by atoms with Crippen molar-refractivity contribution >= 4 is 23.5 Å². The summed E-state index contributed by atoms with van der Waals surface area (Å²) < 4.78 is 35.5. The van der Waals surface area contributed by atoms with Gasteiger partial charge in [0.15, 0.2) is 0 Å². The molecule has 0 aliphatic rings. The van der Waals surface area contributed by atoms with Crippen LogP contribution < -0.4 is 21.7 Å². The first-order valence-electron chi connectivity index (χ1n) is 5.95. The molecule has 0 saturated carbocycles. The minimum atomic E-state index is -4.55. The van der Waals surface area contributed by atoms with E-state index in [-0.39, 0.29) is 12.1 Å². The third-order valence-corrected chi connectivity index (χ3v) is 2.32. The Hall–Kier alpha value is -2.78. The van der Waals surface area contributed by atoms with Gasteiger partial charge < -0.3 is 16.4 Å². The van der Waals surface area contributed by atoms with Crippen LogP contribution in [0.4, 0.5) is 23.7 Å². The van der Waals surface area contributed by atoms with Crippen molar-refractivity contribution in [3.8, 4) is 0 Å². The van der Waals surface area contributed by atoms with Crippen LogP contribution in [0.1, 0.15) is 10.4 Å². The van der Waals surface area contributed by atoms with Gasteiger partial charge in [-0.2, -0.15) is 13.2 Å². The van der Waals surface area contributed by atoms with Crippen molar-refractivity contribution in [2.24, 2.45) is 5.73 Å². The summed E-state index contributed by atoms with van der Waals surface area (Å²) in [7, 11) is 0. The standard InChI is InChI=1S/C12H13F3N4O3/c13-12(14,15)6-18-11(22)19-9(20)5-17-8-3-1-7(2-4-8)10(16)21/h1-4,17H,5-6H2,(H2,16,21)(H2,18,19,20,22). The van der Waals surface area contributed by atoms with Gasteiger partial charge in [0.2, 0.25) is 11.8 Å². The smallest absolute Gasteiger partial charge is 0.376 e. The van der Waals surface area contributed by atoms with Gasteiger partial charge in [0.1, 0.15) is 6.54 Å². The van der Waals surface area contributed by atoms with Crippen LogP contribution in [0, 0.1) is 0 Å². The van der Waals surface area contributed by atoms with Crippen molar-refractivity contribution in [2.75, 3.05) is 18.4 Å². The maximum atomic E-state index is 11.8. The van der Waals surface area contributed by atoms with Crippen LogP contribution >= 0.6 is 0 Å². The topological polar surface area (TPSA) is 113 Å². The summed E-state index contributed by atoms with van der Waals surface area (Å²) in [6.07, 6.45) is -4.55. The summed E-state index contributed by atoms with van der Waals surface area (Å²) in [5, 5.41) is 5.85. The molecule has 0 atom stereocenters. The second-order valence-electron chi connectivity index (χ2n) is 4.14. The highest BCUT2D eigenvalue weighted by Gasteiger charge is 2.27. The van der Waals surface area contributed by atoms with E-state index >= 15 is 0 Å². The highest BCUT2D eigenvalue weighted by atomic mass is 19.4. The van der Waals surface area contributed by atoms with Crippen LogP contribution in [-0.4, -0.2) is 37.1 Å². The number of alkyl halides is 3. The van der Waals surface area contributed by atoms with Gasteiger partial charge in [0.25, 0.3) is 0 Å². The predicted molar refractivity (Wildman–Crippen MR) is 71.0 cm³/mol. The highest BCUT2D eigenvalue weighted by molar-refractivity contribution is 5.96. The third-order valence-electron chi connectivity index (χ3n) is 2.32. The fourth-order valence-electron chi connectivity index (χ4n) is 1.33. The molecule has 4 amide bonds. The fraction of sp³-hybridized carbons (Fsp3) is 0.250. The number of benzene rings is 1. The number of nitrogens with two attached hydrogens (primary N) is 1. The molecular formula is C12H13F3N4O3. The monoisotopic (exact) mass is 318 g/mol. The molecule has 120 valence electrons. The Labute approximate surface area is 123 Å². The SMILES string of the molecule is NC(=O)c1ccc(NCC(=O)NC(=O)NCC(F)(F)F)cc1. The van der Waals surface area contributed by atoms with E-state index in [1.54, 1.807) is 5.32 Å². The number of imide groups is 1. The van der Waals surface area contributed by atoms with Gasteiger partial charge in [-0.1, -0.05) is 0 Å². The van der Waals surface area contributed by atoms with Gasteiger partial charge in [0.05, 0.1) is 6.54 Å². The van der Waals surface area contributed by atoms with E-state index in [1.165, 1.54) is 29.6 Å². The first-order chi connectivity index (χ1) is 10.2. The van der Waals surface area contributed by atoms with Crippen LogP contribution in [0.25, 0.3) is 0 Å². The highest BCUT2D eigenvalue weighted by Crippen LogP contribution is 2.12. The Balaban J connectivity index is 2.36. The zero-order chi connectivity index (χ0) is 16.8. The molecule has 10 heteroatoms. The van der Waals surface area contributed by atoms with E-state index in [0.717, 1.165) is 0 Å². The van der Waals surface area contributed by atoms with E-state index < -0.39 is 30.6 Å². The molecular weight excluding hydrogens is 305 g/mol. The molecule has 0 bridgehead atoms. The Bertz CT molecular complexity index is 558. The number of rotatable bonds is 5. The number of hydrogen-bond donors (Lipinski definition) is 4. The van der Waals surface area contributed by atoms with E-state index in [1.807, 2.05) is 0 Å². The van der Waals surface area contributed by atoms with Crippen LogP contribution in [0.3, 0.4) is 0 Å². The van der Waals surface area contributed by atoms with Crippen LogP contribution in [-0.2, 0) is 4.79 Å². The van der Waals surface area contributed by atoms with E-state index in [9.17, 15) is 27.6 Å². The number of amides is 4. The zero-order valence-corrected chi connectivity index (χ0v) is 11.2. The maximum Gasteiger partial charge on any atom is 0.405 e. The summed E-state index contributed by atoms with van der Waals surface area (Å²) in [5.74, 6) is -1.43. The van der Waals surface area contributed by atoms with Gasteiger partial charge in [-0.25, -0.2) is 4.79 Å². The molecule has 1 rings (SSSR count). The minimum absolute atomic E-state index is 0.279. The van der Waals surface area contributed by atoms with Gasteiger partial charge in [-0.3, -0.25) is 14.9 Å². The van der Waals surface area contributed by atoms with Crippen molar-refractivity contribution in [1.29, 1.82) is 0 Å². The van der Waals surface area contributed by atoms with Crippen LogP contribution in [0.15, 0.2) is 24.3 Å². The van der Waals surface area contributed by atoms with E-state index in [4.69, 9.17) is 5.73 Å². The van der Waals surface area contributed by atoms with E-state index in [2.05, 4.69) is 5.32 Å². The normalized spacial score (nSPS) is 10.7. The molecule has 0 aliphatic carbocycles. The first-order valence-corrected chi connectivity index (χ1v) is 5.95. The second-order valence-corrected chi connectivity index (χ2v) is 4.14. The number of primary amides is 1. The van der Waals surface area contributed by atoms with E-state index in [0.29, 0.717) is 5.69 Å². The maximum absolute atomic E-state index is 11.8. The molecule has 22 heavy (non-hydrogen) atoms. The molecule has 0 radical (unpaired) electrons. The number of nitrogens with one attached hydrogen (secondary N) is 3. The molecule has 0 fully saturated rings. The van der Waals surface area contributed by atoms with Crippen molar-refractivity contribution in [3.05, 3.63) is 29.8 Å². The number of hydrogen-bond acceptors (Lipinski definition) is 4. The molecule has 0 spiro atoms. The summed E-state index contributed by atoms with van der Waals surface area (Å²) in [6, 6.07) is 4.58. The molecule has 0 aromatic heterocycles. The Morgan fingerprint density at radius 1 is 1.09 bits per heavy atom. The van der Waals surface area contributed by atoms with Gasteiger partial charge in [-0.05, 0) is 24.3 Å². The lowest BCUT2D eigenvalue weighted by molar-refractivity contribution is -0.124. The summed E-state index contributed by atoms with van der Waals surface area (Å²) in [4.78, 5) is 33.2. The third kappa shape index (κ3) is 6.59. The largest absolute Gasteiger partial charge is 0.405 e. The first kappa shape index (κ1) is 17.3. The Morgan fingerprint density at radius 2 is 1.68 bits per heavy atom. The lowest BCUT2D eigenvalue weighted by atomic mass is 10.2. The molecule has 5 N–H and O–H groups in total. The average molecular weight is 318 g/mol. The second kappa shape index (κ2) is 7.29. The zero-order valence-electron chi connectivity index (χ0n) is 11.2. The number of urea groups is 1. The van der Waals surface area contributed by atoms with Crippen molar-refractivity contribution in [3.63, 3.8) is 0 Å². The Morgan fingerprint density at radius 3 is 2.18 bits per heavy atom. The molecule has 1 aromatic carbocycles. The summed E-state index contributed by atoms with van der Waals surface area (Å²) >= 11 is 0. The molecule has 7 nitrogen and oxygen atoms in total. The van der Waals surface area contributed by atoms with Crippen molar-refractivity contribution in [2.45, 2.75) is 6.18 Å². The lowest BCUT2D eigenvalue weighted by Crippen LogP contribution is -2.45. The summed E-state index contributed by atoms with van der Waals surface area (Å²) in [5.41, 5.74) is 5.80. The molecule has 0 unspecified atom stereocenters. The summed E-state index contributed by atoms with van der Waals surface area (Å²) in [6.45, 7) is -1.87. The van der Waals surface area contributed by atoms with Crippen molar-refractivity contribution < 1.29 is 27.6 Å². The van der Waals surface area contributed by atoms with Crippen LogP contribution in [0.5, 0.6) is 0 Å². The predicted octanol–water partition coefficient (Wildman–Crippen LogP) is 0.585. The number of halogens is 3. The number of carbonyl (C=O) groups excluding carboxylic acids is 3.